The Bertz CT molecular complexity index is 7830. The first-order chi connectivity index (χ1) is 68.7. The zero-order chi connectivity index (χ0) is 103. The van der Waals surface area contributed by atoms with Crippen LogP contribution in [0.2, 0.25) is 0 Å². The number of nitrogens with one attached hydrogen (secondary N) is 5. The van der Waals surface area contributed by atoms with Crippen molar-refractivity contribution in [3.8, 4) is 84.4 Å². The maximum absolute atomic E-state index is 14.4. The molecule has 0 aliphatic rings. The second-order valence-electron chi connectivity index (χ2n) is 31.7. The number of carboxylic acid groups (broad SMARTS) is 5. The number of aryl methyl sites for hydroxylation is 5. The Morgan fingerprint density at radius 2 is 0.549 bits per heavy atom. The predicted molar refractivity (Wildman–Crippen MR) is 551 cm³/mol. The Labute approximate surface area is 844 Å². The number of carboxylic acids is 5. The number of hydrogen-bond acceptors (Lipinski definition) is 26. The highest BCUT2D eigenvalue weighted by atomic mass is 32.1. The van der Waals surface area contributed by atoms with E-state index in [1.807, 2.05) is 28.3 Å². The molecule has 0 atom stereocenters. The number of halogens is 5. The molecule has 0 radical (unpaired) electrons. The van der Waals surface area contributed by atoms with Crippen LogP contribution in [0.15, 0.2) is 234 Å². The molecule has 0 aliphatic heterocycles. The normalized spacial score (nSPS) is 11.0. The number of rotatable bonds is 20. The molecule has 726 valence electrons. The average Bonchev–Trinajstić information content (AvgIpc) is 1.64. The number of benzene rings is 9. The number of fused-ring (bicyclic) bond motifs is 5. The van der Waals surface area contributed by atoms with E-state index < -0.39 is 88.5 Å². The SMILES string of the molecule is Cc1ccc(-c2csc(NC(=O)c3cc4ccoc4cc3O)c2C(=O)O)c(F)c1.Cc1ccc(-c2csc(NC(=O)c3cc4ccsc4cc3O)c2C(=O)O)c(F)c1.Cc1ccc(-c2csc(NC(=O)c3cc4occc4cc3O)c2C(=O)O)c(F)c1.Cc1ccc(-c2csc(NC(=O)c3cc4sccc4cc3O)c2C(=O)O)c(F)c1.Cc1ccc(-c2csc(NC(=O)c3sc4ccsc4c3O)c2C(=O)O)c(F)c1. The predicted octanol–water partition coefficient (Wildman–Crippen LogP) is 27.8. The van der Waals surface area contributed by atoms with E-state index in [0.717, 1.165) is 98.5 Å². The first-order valence-corrected chi connectivity index (χ1v) is 49.7. The van der Waals surface area contributed by atoms with Crippen molar-refractivity contribution in [3.05, 3.63) is 337 Å². The lowest BCUT2D eigenvalue weighted by molar-refractivity contribution is 0.0688. The molecule has 0 unspecified atom stereocenters. The number of hydrogen-bond donors (Lipinski definition) is 15. The van der Waals surface area contributed by atoms with Crippen molar-refractivity contribution in [2.45, 2.75) is 34.6 Å². The van der Waals surface area contributed by atoms with Gasteiger partial charge in [0.2, 0.25) is 0 Å². The van der Waals surface area contributed by atoms with Gasteiger partial charge >= 0.3 is 29.8 Å². The first kappa shape index (κ1) is 100. The number of phenolic OH excluding ortho intramolecular Hbond substituents is 4. The minimum Gasteiger partial charge on any atom is -0.507 e. The standard InChI is InChI=1S/2C21H14FNO5S.2C21H14FNO4S2.C19H12FNO4S3/c1-10-2-3-12(15(22)6-10)14-9-29-20(18(14)21(26)27)23-19(25)13-8-17-11(4-5-28-17)7-16(13)24;1-10-2-3-12(15(22)6-10)14-9-29-20(18(14)21(26)27)23-19(25)13-7-11-4-5-28-17(11)8-16(13)24;1-10-2-3-12(15(22)6-10)14-9-29-20(18(14)21(26)27)23-19(25)13-8-17-11(4-5-28-17)7-16(13)24;1-10-2-3-12(15(22)6-10)14-9-29-20(18(14)21(26)27)23-19(25)13-7-11-4-5-28-17(11)8-16(13)24;1-8-2-3-9(11(20)6-8)10-7-27-18(13(10)19(24)25)21-17(23)16-14(22)15-12(28-16)4-5-26-15/h4*2-9,24H,1H3,(H,23,25)(H,26,27);2-7,22H,1H3,(H,21,23)(H,24,25). The maximum Gasteiger partial charge on any atom is 0.339 e. The Kier molecular flexibility index (Phi) is 29.4. The molecule has 15 N–H and O–H groups in total. The fraction of sp³-hybridized carbons (Fsp3) is 0.0485. The van der Waals surface area contributed by atoms with E-state index >= 15 is 0 Å². The van der Waals surface area contributed by atoms with E-state index in [0.29, 0.717) is 48.9 Å². The molecule has 0 saturated heterocycles. The van der Waals surface area contributed by atoms with Crippen LogP contribution in [0.1, 0.15) is 131 Å². The molecule has 0 bridgehead atoms. The lowest BCUT2D eigenvalue weighted by Gasteiger charge is -2.08. The van der Waals surface area contributed by atoms with Crippen molar-refractivity contribution < 1.29 is 130 Å². The van der Waals surface area contributed by atoms with Gasteiger partial charge in [0.25, 0.3) is 29.5 Å². The van der Waals surface area contributed by atoms with Gasteiger partial charge in [-0.25, -0.2) is 45.9 Å². The zero-order valence-corrected chi connectivity index (χ0v) is 81.7. The minimum absolute atomic E-state index is 0.0312. The molecule has 11 heterocycles. The number of phenols is 4. The summed E-state index contributed by atoms with van der Waals surface area (Å²) < 4.78 is 85.3. The zero-order valence-electron chi connectivity index (χ0n) is 74.4. The van der Waals surface area contributed by atoms with Gasteiger partial charge < -0.3 is 86.5 Å². The van der Waals surface area contributed by atoms with Crippen LogP contribution in [-0.2, 0) is 0 Å². The summed E-state index contributed by atoms with van der Waals surface area (Å²) in [5.74, 6) is -13.5. The van der Waals surface area contributed by atoms with E-state index in [2.05, 4.69) is 26.6 Å². The van der Waals surface area contributed by atoms with Crippen LogP contribution in [0, 0.1) is 63.7 Å². The lowest BCUT2D eigenvalue weighted by atomic mass is 10.0. The van der Waals surface area contributed by atoms with Gasteiger partial charge in [-0.3, -0.25) is 24.0 Å². The highest BCUT2D eigenvalue weighted by molar-refractivity contribution is 7.28. The van der Waals surface area contributed by atoms with E-state index in [1.165, 1.54) is 170 Å². The molecule has 5 amide bonds. The van der Waals surface area contributed by atoms with E-state index in [-0.39, 0.29) is 164 Å². The molecule has 20 rings (SSSR count). The van der Waals surface area contributed by atoms with Crippen molar-refractivity contribution in [1.82, 2.24) is 0 Å². The van der Waals surface area contributed by atoms with Crippen LogP contribution < -0.4 is 26.6 Å². The molecular formula is C103H68F5N5O22S9. The van der Waals surface area contributed by atoms with Crippen LogP contribution in [-0.4, -0.2) is 110 Å². The Balaban J connectivity index is 0.000000129. The molecule has 27 nitrogen and oxygen atoms in total. The van der Waals surface area contributed by atoms with Crippen molar-refractivity contribution in [3.63, 3.8) is 0 Å². The average molecular weight is 2110 g/mol. The number of anilines is 5. The van der Waals surface area contributed by atoms with E-state index in [9.17, 15) is 121 Å². The maximum atomic E-state index is 14.4. The fourth-order valence-corrected chi connectivity index (χ4v) is 23.4. The largest absolute Gasteiger partial charge is 0.507 e. The molecular weight excluding hydrogens is 2040 g/mol. The summed E-state index contributed by atoms with van der Waals surface area (Å²) in [6.07, 6.45) is 2.85. The number of aromatic carboxylic acids is 5. The van der Waals surface area contributed by atoms with Crippen molar-refractivity contribution in [1.29, 1.82) is 0 Å². The molecule has 144 heavy (non-hydrogen) atoms. The first-order valence-electron chi connectivity index (χ1n) is 41.9. The summed E-state index contributed by atoms with van der Waals surface area (Å²) >= 11 is 10.2. The van der Waals surface area contributed by atoms with Gasteiger partial charge in [0.15, 0.2) is 5.75 Å². The summed E-state index contributed by atoms with van der Waals surface area (Å²) in [5.41, 5.74) is 4.95. The smallest absolute Gasteiger partial charge is 0.339 e. The minimum atomic E-state index is -1.30. The van der Waals surface area contributed by atoms with Gasteiger partial charge in [-0.2, -0.15) is 0 Å². The third-order valence-electron chi connectivity index (χ3n) is 22.0. The molecule has 41 heteroatoms. The van der Waals surface area contributed by atoms with Crippen LogP contribution in [0.5, 0.6) is 28.7 Å². The molecule has 0 spiro atoms. The van der Waals surface area contributed by atoms with Crippen molar-refractivity contribution in [2.75, 3.05) is 26.6 Å². The molecule has 20 aromatic rings. The van der Waals surface area contributed by atoms with Gasteiger partial charge in [-0.15, -0.1) is 102 Å². The number of aromatic hydroxyl groups is 5. The summed E-state index contributed by atoms with van der Waals surface area (Å²) in [4.78, 5) is 123. The van der Waals surface area contributed by atoms with Gasteiger partial charge in [-0.1, -0.05) is 60.7 Å². The summed E-state index contributed by atoms with van der Waals surface area (Å²) in [7, 11) is 0. The molecule has 0 aliphatic carbocycles. The Morgan fingerprint density at radius 1 is 0.271 bits per heavy atom. The fourth-order valence-electron chi connectivity index (χ4n) is 15.0. The van der Waals surface area contributed by atoms with Gasteiger partial charge in [0.1, 0.15) is 121 Å². The Hall–Kier alpha value is -16.5. The molecule has 0 saturated carbocycles. The lowest BCUT2D eigenvalue weighted by Crippen LogP contribution is -2.13. The second kappa shape index (κ2) is 42.1. The summed E-state index contributed by atoms with van der Waals surface area (Å²) in [5, 5.41) is 128. The summed E-state index contributed by atoms with van der Waals surface area (Å²) in [6.45, 7) is 8.67. The molecule has 0 fully saturated rings. The third kappa shape index (κ3) is 21.1. The van der Waals surface area contributed by atoms with Crippen LogP contribution in [0.25, 0.3) is 107 Å². The van der Waals surface area contributed by atoms with Crippen LogP contribution >= 0.6 is 102 Å². The number of carbonyl (C=O) groups excluding carboxylic acids is 5. The van der Waals surface area contributed by atoms with Gasteiger partial charge in [0.05, 0.1) is 39.5 Å². The van der Waals surface area contributed by atoms with Gasteiger partial charge in [0, 0.05) is 113 Å². The van der Waals surface area contributed by atoms with Crippen molar-refractivity contribution >= 4 is 238 Å². The van der Waals surface area contributed by atoms with E-state index in [1.54, 1.807) is 95.3 Å². The molecule has 11 aromatic heterocycles. The quantitative estimate of drug-likeness (QED) is 0.0315. The van der Waals surface area contributed by atoms with Crippen LogP contribution in [0.4, 0.5) is 47.0 Å². The number of thiophene rings is 9. The number of furan rings is 2. The summed E-state index contributed by atoms with van der Waals surface area (Å²) in [6, 6.07) is 42.9. The van der Waals surface area contributed by atoms with Gasteiger partial charge in [-0.05, 0) is 192 Å². The monoisotopic (exact) mass is 2110 g/mol. The Morgan fingerprint density at radius 3 is 0.889 bits per heavy atom. The second-order valence-corrected chi connectivity index (χ2v) is 39.9. The highest BCUT2D eigenvalue weighted by Gasteiger charge is 2.33. The third-order valence-corrected chi connectivity index (χ3v) is 30.4. The van der Waals surface area contributed by atoms with E-state index in [4.69, 9.17) is 8.83 Å². The highest BCUT2D eigenvalue weighted by Crippen LogP contribution is 2.47. The van der Waals surface area contributed by atoms with Crippen LogP contribution in [0.3, 0.4) is 0 Å². The number of carbonyl (C=O) groups is 10. The van der Waals surface area contributed by atoms with Crippen molar-refractivity contribution in [2.24, 2.45) is 0 Å². The molecule has 9 aromatic carbocycles. The topological polar surface area (TPSA) is 459 Å². The number of amides is 5.